The van der Waals surface area contributed by atoms with E-state index in [0.717, 1.165) is 12.1 Å². The molecule has 0 spiro atoms. The summed E-state index contributed by atoms with van der Waals surface area (Å²) in [6.07, 6.45) is 1.66. The van der Waals surface area contributed by atoms with Crippen LogP contribution in [-0.2, 0) is 11.0 Å². The lowest BCUT2D eigenvalue weighted by molar-refractivity contribution is -0.137. The second kappa shape index (κ2) is 6.59. The number of rotatable bonds is 3. The van der Waals surface area contributed by atoms with E-state index in [2.05, 4.69) is 0 Å². The highest BCUT2D eigenvalue weighted by Crippen LogP contribution is 2.35. The minimum atomic E-state index is -4.56. The number of amides is 1. The number of carbonyl (C=O) groups excluding carboxylic acids is 1. The predicted molar refractivity (Wildman–Crippen MR) is 86.8 cm³/mol. The molecule has 26 heavy (non-hydrogen) atoms. The van der Waals surface area contributed by atoms with Gasteiger partial charge in [-0.3, -0.25) is 4.79 Å². The van der Waals surface area contributed by atoms with Gasteiger partial charge in [0.1, 0.15) is 6.17 Å². The number of hydrogen-bond acceptors (Lipinski definition) is 4. The summed E-state index contributed by atoms with van der Waals surface area (Å²) in [5.74, 6) is -1.08. The largest absolute Gasteiger partial charge is 0.505 e. The van der Waals surface area contributed by atoms with Crippen LogP contribution in [0, 0.1) is 11.3 Å². The van der Waals surface area contributed by atoms with Gasteiger partial charge in [-0.15, -0.1) is 0 Å². The summed E-state index contributed by atoms with van der Waals surface area (Å²) < 4.78 is 38.8. The molecule has 2 aliphatic rings. The van der Waals surface area contributed by atoms with Crippen molar-refractivity contribution < 1.29 is 23.1 Å². The molecule has 1 aromatic carbocycles. The van der Waals surface area contributed by atoms with Crippen LogP contribution in [0.3, 0.4) is 0 Å². The van der Waals surface area contributed by atoms with Crippen molar-refractivity contribution in [2.24, 2.45) is 0 Å². The minimum Gasteiger partial charge on any atom is -0.505 e. The number of aliphatic hydroxyl groups excluding tert-OH is 1. The van der Waals surface area contributed by atoms with E-state index in [1.165, 1.54) is 21.9 Å². The van der Waals surface area contributed by atoms with E-state index in [0.29, 0.717) is 0 Å². The summed E-state index contributed by atoms with van der Waals surface area (Å²) in [5.41, 5.74) is -1.14. The van der Waals surface area contributed by atoms with E-state index in [9.17, 15) is 23.1 Å². The zero-order valence-electron chi connectivity index (χ0n) is 13.4. The van der Waals surface area contributed by atoms with Gasteiger partial charge in [-0.1, -0.05) is 18.2 Å². The van der Waals surface area contributed by atoms with E-state index in [4.69, 9.17) is 5.26 Å². The predicted octanol–water partition coefficient (Wildman–Crippen LogP) is 3.40. The third-order valence-corrected chi connectivity index (χ3v) is 4.12. The van der Waals surface area contributed by atoms with Gasteiger partial charge in [0.15, 0.2) is 11.5 Å². The lowest BCUT2D eigenvalue weighted by atomic mass is 10.1. The van der Waals surface area contributed by atoms with E-state index in [1.807, 2.05) is 6.07 Å². The molecule has 1 N–H and O–H groups in total. The van der Waals surface area contributed by atoms with Gasteiger partial charge in [0.25, 0.3) is 5.91 Å². The van der Waals surface area contributed by atoms with Gasteiger partial charge >= 0.3 is 6.18 Å². The molecule has 8 heteroatoms. The van der Waals surface area contributed by atoms with Crippen molar-refractivity contribution in [3.8, 4) is 6.07 Å². The second-order valence-electron chi connectivity index (χ2n) is 5.73. The van der Waals surface area contributed by atoms with Crippen LogP contribution in [-0.4, -0.2) is 33.5 Å². The molecule has 5 nitrogen and oxygen atoms in total. The highest BCUT2D eigenvalue weighted by Gasteiger charge is 2.42. The molecule has 0 saturated carbocycles. The van der Waals surface area contributed by atoms with Crippen LogP contribution >= 0.6 is 0 Å². The maximum Gasteiger partial charge on any atom is 0.416 e. The first-order valence-electron chi connectivity index (χ1n) is 7.76. The second-order valence-corrected chi connectivity index (χ2v) is 5.73. The topological polar surface area (TPSA) is 67.6 Å². The van der Waals surface area contributed by atoms with Gasteiger partial charge < -0.3 is 14.9 Å². The van der Waals surface area contributed by atoms with Gasteiger partial charge in [0.2, 0.25) is 0 Å². The number of carbonyl (C=O) groups is 1. The summed E-state index contributed by atoms with van der Waals surface area (Å²) in [5, 5.41) is 19.3. The third kappa shape index (κ3) is 3.04. The van der Waals surface area contributed by atoms with Crippen molar-refractivity contribution >= 4 is 11.7 Å². The van der Waals surface area contributed by atoms with Gasteiger partial charge in [0.05, 0.1) is 18.1 Å². The number of nitriles is 1. The Labute approximate surface area is 147 Å². The van der Waals surface area contributed by atoms with Crippen molar-refractivity contribution in [1.82, 2.24) is 9.80 Å². The monoisotopic (exact) mass is 361 g/mol. The molecule has 2 heterocycles. The molecule has 0 aromatic heterocycles. The highest BCUT2D eigenvalue weighted by atomic mass is 19.4. The smallest absolute Gasteiger partial charge is 0.416 e. The Morgan fingerprint density at radius 1 is 1.31 bits per heavy atom. The molecule has 3 rings (SSSR count). The fourth-order valence-electron chi connectivity index (χ4n) is 2.92. The first-order valence-corrected chi connectivity index (χ1v) is 7.76. The Hall–Kier alpha value is -3.21. The number of fused-ring (bicyclic) bond motifs is 1. The van der Waals surface area contributed by atoms with Crippen molar-refractivity contribution in [3.05, 3.63) is 65.5 Å². The quantitative estimate of drug-likeness (QED) is 0.662. The van der Waals surface area contributed by atoms with E-state index in [1.54, 1.807) is 24.4 Å². The van der Waals surface area contributed by atoms with Gasteiger partial charge in [0, 0.05) is 18.3 Å². The lowest BCUT2D eigenvalue weighted by Crippen LogP contribution is -2.37. The molecule has 134 valence electrons. The van der Waals surface area contributed by atoms with Crippen LogP contribution in [0.25, 0.3) is 5.76 Å². The number of aliphatic hydroxyl groups is 1. The molecule has 1 aromatic rings. The number of halogens is 3. The molecular weight excluding hydrogens is 347 g/mol. The highest BCUT2D eigenvalue weighted by molar-refractivity contribution is 6.01. The van der Waals surface area contributed by atoms with Crippen LogP contribution in [0.1, 0.15) is 17.5 Å². The molecule has 1 amide bonds. The number of benzene rings is 1. The van der Waals surface area contributed by atoms with Crippen LogP contribution < -0.4 is 0 Å². The standard InChI is InChI=1S/C18H14F3N3O2/c19-18(20,21)13-6-3-5-12(11-13)16(25)15-17(26)24(10-4-8-22)14-7-1-2-9-23(14)15/h1-3,5-7,9,11,14,25H,4,10H2. The number of hydrogen-bond donors (Lipinski definition) is 1. The molecular formula is C18H14F3N3O2. The normalized spacial score (nSPS) is 21.0. The molecule has 0 radical (unpaired) electrons. The Bertz CT molecular complexity index is 865. The van der Waals surface area contributed by atoms with Gasteiger partial charge in [-0.25, -0.2) is 0 Å². The minimum absolute atomic E-state index is 0.102. The van der Waals surface area contributed by atoms with Crippen LogP contribution in [0.15, 0.2) is 54.4 Å². The summed E-state index contributed by atoms with van der Waals surface area (Å²) in [7, 11) is 0. The van der Waals surface area contributed by atoms with Crippen molar-refractivity contribution in [2.75, 3.05) is 6.54 Å². The molecule has 1 saturated heterocycles. The average molecular weight is 361 g/mol. The maximum atomic E-state index is 12.9. The number of alkyl halides is 3. The zero-order chi connectivity index (χ0) is 18.9. The SMILES string of the molecule is N#CCCN1C(=O)C(=C(O)c2cccc(C(F)(F)F)c2)N2C=CC=CC21. The number of allylic oxidation sites excluding steroid dienone is 2. The van der Waals surface area contributed by atoms with Crippen LogP contribution in [0.5, 0.6) is 0 Å². The summed E-state index contributed by atoms with van der Waals surface area (Å²) in [6, 6.07) is 6.12. The Morgan fingerprint density at radius 2 is 2.08 bits per heavy atom. The van der Waals surface area contributed by atoms with E-state index >= 15 is 0 Å². The first-order chi connectivity index (χ1) is 12.3. The van der Waals surface area contributed by atoms with Gasteiger partial charge in [-0.2, -0.15) is 18.4 Å². The van der Waals surface area contributed by atoms with Crippen molar-refractivity contribution in [2.45, 2.75) is 18.8 Å². The molecule has 1 fully saturated rings. The summed E-state index contributed by atoms with van der Waals surface area (Å²) in [4.78, 5) is 15.6. The fourth-order valence-corrected chi connectivity index (χ4v) is 2.92. The van der Waals surface area contributed by atoms with E-state index < -0.39 is 29.6 Å². The van der Waals surface area contributed by atoms with Crippen molar-refractivity contribution in [1.29, 1.82) is 5.26 Å². The Balaban J connectivity index is 2.06. The molecule has 0 aliphatic carbocycles. The Kier molecular flexibility index (Phi) is 4.47. The molecule has 1 atom stereocenters. The third-order valence-electron chi connectivity index (χ3n) is 4.12. The first kappa shape index (κ1) is 17.6. The summed E-state index contributed by atoms with van der Waals surface area (Å²) >= 11 is 0. The fraction of sp³-hybridized carbons (Fsp3) is 0.222. The molecule has 0 bridgehead atoms. The van der Waals surface area contributed by atoms with Crippen LogP contribution in [0.4, 0.5) is 13.2 Å². The molecule has 2 aliphatic heterocycles. The zero-order valence-corrected chi connectivity index (χ0v) is 13.4. The summed E-state index contributed by atoms with van der Waals surface area (Å²) in [6.45, 7) is 0.147. The van der Waals surface area contributed by atoms with Crippen LogP contribution in [0.2, 0.25) is 0 Å². The average Bonchev–Trinajstić information content (AvgIpc) is 2.90. The lowest BCUT2D eigenvalue weighted by Gasteiger charge is -2.27. The maximum absolute atomic E-state index is 12.9. The number of nitrogens with zero attached hydrogens (tertiary/aromatic N) is 3. The Morgan fingerprint density at radius 3 is 2.77 bits per heavy atom. The van der Waals surface area contributed by atoms with E-state index in [-0.39, 0.29) is 24.2 Å². The molecule has 1 unspecified atom stereocenters. The van der Waals surface area contributed by atoms with Crippen molar-refractivity contribution in [3.63, 3.8) is 0 Å². The van der Waals surface area contributed by atoms with Gasteiger partial charge in [-0.05, 0) is 24.3 Å².